The van der Waals surface area contributed by atoms with Crippen LogP contribution in [-0.2, 0) is 17.8 Å². The van der Waals surface area contributed by atoms with Crippen LogP contribution >= 0.6 is 11.6 Å². The van der Waals surface area contributed by atoms with E-state index in [9.17, 15) is 14.3 Å². The summed E-state index contributed by atoms with van der Waals surface area (Å²) in [5, 5.41) is 14.5. The van der Waals surface area contributed by atoms with Gasteiger partial charge in [0.2, 0.25) is 0 Å². The first-order valence-electron chi connectivity index (χ1n) is 10.2. The monoisotopic (exact) mass is 446 g/mol. The first kappa shape index (κ1) is 21.6. The zero-order valence-corrected chi connectivity index (χ0v) is 17.9. The van der Waals surface area contributed by atoms with E-state index in [1.807, 2.05) is 18.2 Å². The fourth-order valence-corrected chi connectivity index (χ4v) is 4.33. The number of benzene rings is 2. The molecule has 164 valence electrons. The lowest BCUT2D eigenvalue weighted by Gasteiger charge is -2.12. The van der Waals surface area contributed by atoms with Crippen LogP contribution in [0, 0.1) is 5.82 Å². The number of fused-ring (bicyclic) bond motifs is 1. The summed E-state index contributed by atoms with van der Waals surface area (Å²) in [5.41, 5.74) is 2.19. The van der Waals surface area contributed by atoms with Crippen LogP contribution in [0.15, 0.2) is 36.4 Å². The van der Waals surface area contributed by atoms with Crippen molar-refractivity contribution in [2.45, 2.75) is 32.0 Å². The minimum Gasteiger partial charge on any atom is -0.497 e. The van der Waals surface area contributed by atoms with E-state index in [1.54, 1.807) is 17.7 Å². The first-order valence-corrected chi connectivity index (χ1v) is 10.5. The molecule has 31 heavy (non-hydrogen) atoms. The number of hydrogen-bond acceptors (Lipinski definition) is 4. The van der Waals surface area contributed by atoms with E-state index in [2.05, 4.69) is 5.32 Å². The van der Waals surface area contributed by atoms with E-state index in [-0.39, 0.29) is 23.4 Å². The van der Waals surface area contributed by atoms with Gasteiger partial charge in [0.15, 0.2) is 0 Å². The number of aromatic carboxylic acids is 1. The van der Waals surface area contributed by atoms with E-state index in [0.717, 1.165) is 24.8 Å². The highest BCUT2D eigenvalue weighted by molar-refractivity contribution is 6.31. The number of hydrogen-bond donors (Lipinski definition) is 2. The van der Waals surface area contributed by atoms with Crippen molar-refractivity contribution in [2.75, 3.05) is 20.3 Å². The van der Waals surface area contributed by atoms with Crippen molar-refractivity contribution < 1.29 is 23.8 Å². The lowest BCUT2D eigenvalue weighted by atomic mass is 10.1. The van der Waals surface area contributed by atoms with Gasteiger partial charge in [0.05, 0.1) is 18.7 Å². The number of rotatable bonds is 8. The number of methoxy groups -OCH3 is 1. The molecule has 0 radical (unpaired) electrons. The summed E-state index contributed by atoms with van der Waals surface area (Å²) in [4.78, 5) is 12.3. The molecule has 2 aromatic carbocycles. The maximum atomic E-state index is 13.5. The lowest BCUT2D eigenvalue weighted by molar-refractivity contribution is 0.0684. The Bertz CT molecular complexity index is 1110. The summed E-state index contributed by atoms with van der Waals surface area (Å²) in [6.07, 6.45) is 2.20. The van der Waals surface area contributed by atoms with Crippen molar-refractivity contribution in [2.24, 2.45) is 0 Å². The third-order valence-corrected chi connectivity index (χ3v) is 5.97. The number of nitrogens with one attached hydrogen (secondary N) is 1. The smallest absolute Gasteiger partial charge is 0.352 e. The fraction of sp³-hybridized carbons (Fsp3) is 0.348. The Kier molecular flexibility index (Phi) is 6.46. The Morgan fingerprint density at radius 2 is 2.19 bits per heavy atom. The van der Waals surface area contributed by atoms with Crippen molar-refractivity contribution in [1.29, 1.82) is 0 Å². The second-order valence-corrected chi connectivity index (χ2v) is 8.01. The highest BCUT2D eigenvalue weighted by atomic mass is 35.5. The van der Waals surface area contributed by atoms with Crippen LogP contribution in [0.25, 0.3) is 10.9 Å². The van der Waals surface area contributed by atoms with Gasteiger partial charge in [-0.3, -0.25) is 0 Å². The molecule has 1 aromatic heterocycles. The Morgan fingerprint density at radius 3 is 2.87 bits per heavy atom. The van der Waals surface area contributed by atoms with Gasteiger partial charge >= 0.3 is 5.97 Å². The number of halogens is 2. The molecule has 0 unspecified atom stereocenters. The maximum Gasteiger partial charge on any atom is 0.352 e. The molecule has 2 N–H and O–H groups in total. The molecule has 1 atom stereocenters. The lowest BCUT2D eigenvalue weighted by Crippen LogP contribution is -2.26. The van der Waals surface area contributed by atoms with Gasteiger partial charge in [0.25, 0.3) is 0 Å². The van der Waals surface area contributed by atoms with Crippen molar-refractivity contribution in [3.63, 3.8) is 0 Å². The van der Waals surface area contributed by atoms with Gasteiger partial charge < -0.3 is 24.5 Å². The molecule has 1 aliphatic rings. The zero-order valence-electron chi connectivity index (χ0n) is 17.2. The molecular formula is C23H24ClFN2O4. The molecule has 8 heteroatoms. The number of carbonyl (C=O) groups is 1. The minimum atomic E-state index is -1.04. The quantitative estimate of drug-likeness (QED) is 0.534. The van der Waals surface area contributed by atoms with Crippen molar-refractivity contribution in [1.82, 2.24) is 9.88 Å². The summed E-state index contributed by atoms with van der Waals surface area (Å²) in [6, 6.07) is 9.61. The predicted molar refractivity (Wildman–Crippen MR) is 117 cm³/mol. The van der Waals surface area contributed by atoms with Crippen LogP contribution in [0.5, 0.6) is 5.75 Å². The average Bonchev–Trinajstić information content (AvgIpc) is 3.36. The summed E-state index contributed by atoms with van der Waals surface area (Å²) in [6.45, 7) is 2.00. The van der Waals surface area contributed by atoms with E-state index in [4.69, 9.17) is 21.1 Å². The molecule has 0 amide bonds. The van der Waals surface area contributed by atoms with Crippen molar-refractivity contribution in [3.05, 3.63) is 64.1 Å². The topological polar surface area (TPSA) is 72.7 Å². The molecule has 3 aromatic rings. The SMILES string of the molecule is COc1ccc2c(CNC[C@H]3CCCO3)c(C(=O)O)n(Cc3ccc(F)cc3Cl)c2c1. The first-order chi connectivity index (χ1) is 15.0. The Morgan fingerprint density at radius 1 is 1.35 bits per heavy atom. The molecule has 1 saturated heterocycles. The highest BCUT2D eigenvalue weighted by Gasteiger charge is 2.24. The number of carboxylic acids is 1. The van der Waals surface area contributed by atoms with Gasteiger partial charge in [-0.1, -0.05) is 17.7 Å². The van der Waals surface area contributed by atoms with E-state index in [0.29, 0.717) is 35.5 Å². The average molecular weight is 447 g/mol. The molecule has 1 aliphatic heterocycles. The predicted octanol–water partition coefficient (Wildman–Crippen LogP) is 4.46. The third-order valence-electron chi connectivity index (χ3n) is 5.62. The molecule has 0 bridgehead atoms. The fourth-order valence-electron chi connectivity index (χ4n) is 4.10. The van der Waals surface area contributed by atoms with E-state index in [1.165, 1.54) is 12.1 Å². The van der Waals surface area contributed by atoms with Crippen LogP contribution in [0.4, 0.5) is 4.39 Å². The second-order valence-electron chi connectivity index (χ2n) is 7.60. The van der Waals surface area contributed by atoms with Crippen LogP contribution in [-0.4, -0.2) is 42.0 Å². The highest BCUT2D eigenvalue weighted by Crippen LogP contribution is 2.32. The Labute approximate surface area is 184 Å². The van der Waals surface area contributed by atoms with Gasteiger partial charge in [0, 0.05) is 48.3 Å². The van der Waals surface area contributed by atoms with Gasteiger partial charge in [-0.2, -0.15) is 0 Å². The molecule has 4 rings (SSSR count). The molecule has 6 nitrogen and oxygen atoms in total. The largest absolute Gasteiger partial charge is 0.497 e. The van der Waals surface area contributed by atoms with Gasteiger partial charge in [-0.15, -0.1) is 0 Å². The number of aromatic nitrogens is 1. The van der Waals surface area contributed by atoms with E-state index < -0.39 is 11.8 Å². The molecule has 0 saturated carbocycles. The number of carboxylic acid groups (broad SMARTS) is 1. The molecule has 2 heterocycles. The zero-order chi connectivity index (χ0) is 22.0. The maximum absolute atomic E-state index is 13.5. The summed E-state index contributed by atoms with van der Waals surface area (Å²) < 4.78 is 26.2. The summed E-state index contributed by atoms with van der Waals surface area (Å²) in [7, 11) is 1.56. The molecule has 0 aliphatic carbocycles. The van der Waals surface area contributed by atoms with Gasteiger partial charge in [-0.05, 0) is 42.7 Å². The number of nitrogens with zero attached hydrogens (tertiary/aromatic N) is 1. The molecular weight excluding hydrogens is 423 g/mol. The number of ether oxygens (including phenoxy) is 2. The van der Waals surface area contributed by atoms with Crippen LogP contribution < -0.4 is 10.1 Å². The van der Waals surface area contributed by atoms with Crippen LogP contribution in [0.2, 0.25) is 5.02 Å². The van der Waals surface area contributed by atoms with Crippen LogP contribution in [0.3, 0.4) is 0 Å². The van der Waals surface area contributed by atoms with E-state index >= 15 is 0 Å². The summed E-state index contributed by atoms with van der Waals surface area (Å²) in [5.74, 6) is -0.861. The second kappa shape index (κ2) is 9.26. The molecule has 1 fully saturated rings. The Balaban J connectivity index is 1.76. The van der Waals surface area contributed by atoms with Crippen molar-refractivity contribution >= 4 is 28.5 Å². The summed E-state index contributed by atoms with van der Waals surface area (Å²) >= 11 is 6.23. The van der Waals surface area contributed by atoms with Gasteiger partial charge in [0.1, 0.15) is 17.3 Å². The standard InChI is InChI=1S/C23H24ClFN2O4/c1-30-16-6-7-18-19(12-26-11-17-3-2-8-31-17)22(23(28)29)27(21(18)10-16)13-14-4-5-15(25)9-20(14)24/h4-7,9-10,17,26H,2-3,8,11-13H2,1H3,(H,28,29)/t17-/m1/s1. The van der Waals surface area contributed by atoms with Crippen LogP contribution in [0.1, 0.15) is 34.5 Å². The molecule has 0 spiro atoms. The third kappa shape index (κ3) is 4.54. The normalized spacial score (nSPS) is 16.2. The Hall–Kier alpha value is -2.61. The minimum absolute atomic E-state index is 0.153. The van der Waals surface area contributed by atoms with Gasteiger partial charge in [-0.25, -0.2) is 9.18 Å². The van der Waals surface area contributed by atoms with Crippen molar-refractivity contribution in [3.8, 4) is 5.75 Å².